The molecule has 0 aliphatic rings. The Hall–Kier alpha value is -0.870. The summed E-state index contributed by atoms with van der Waals surface area (Å²) in [5, 5.41) is 0. The molecule has 4 heteroatoms. The van der Waals surface area contributed by atoms with Crippen LogP contribution >= 0.6 is 0 Å². The van der Waals surface area contributed by atoms with E-state index < -0.39 is 16.2 Å². The van der Waals surface area contributed by atoms with Crippen molar-refractivity contribution < 1.29 is 12.6 Å². The summed E-state index contributed by atoms with van der Waals surface area (Å²) in [6.07, 6.45) is 2.79. The van der Waals surface area contributed by atoms with Crippen LogP contribution in [0.5, 0.6) is 0 Å². The van der Waals surface area contributed by atoms with Crippen molar-refractivity contribution in [3.05, 3.63) is 35.4 Å². The summed E-state index contributed by atoms with van der Waals surface area (Å²) < 4.78 is 26.8. The SMILES string of the molecule is CCCc1ccc(C(C)OS(C)(=O)=O)cc1. The van der Waals surface area contributed by atoms with Gasteiger partial charge in [0.25, 0.3) is 10.1 Å². The van der Waals surface area contributed by atoms with Gasteiger partial charge in [-0.3, -0.25) is 4.18 Å². The van der Waals surface area contributed by atoms with Crippen LogP contribution in [-0.4, -0.2) is 14.7 Å². The maximum Gasteiger partial charge on any atom is 0.264 e. The molecule has 0 aliphatic heterocycles. The lowest BCUT2D eigenvalue weighted by molar-refractivity contribution is 0.236. The minimum Gasteiger partial charge on any atom is -0.262 e. The predicted octanol–water partition coefficient (Wildman–Crippen LogP) is 2.68. The van der Waals surface area contributed by atoms with E-state index in [1.54, 1.807) is 6.92 Å². The fraction of sp³-hybridized carbons (Fsp3) is 0.500. The van der Waals surface area contributed by atoms with E-state index in [0.29, 0.717) is 0 Å². The second kappa shape index (κ2) is 5.46. The van der Waals surface area contributed by atoms with Crippen molar-refractivity contribution in [3.63, 3.8) is 0 Å². The Balaban J connectivity index is 2.74. The van der Waals surface area contributed by atoms with Gasteiger partial charge >= 0.3 is 0 Å². The van der Waals surface area contributed by atoms with Gasteiger partial charge in [0.15, 0.2) is 0 Å². The van der Waals surface area contributed by atoms with E-state index in [1.165, 1.54) is 5.56 Å². The summed E-state index contributed by atoms with van der Waals surface area (Å²) in [4.78, 5) is 0. The molecule has 0 aliphatic carbocycles. The summed E-state index contributed by atoms with van der Waals surface area (Å²) in [6, 6.07) is 7.86. The number of benzene rings is 1. The predicted molar refractivity (Wildman–Crippen MR) is 64.8 cm³/mol. The van der Waals surface area contributed by atoms with Crippen LogP contribution in [0.25, 0.3) is 0 Å². The molecule has 1 rings (SSSR count). The summed E-state index contributed by atoms with van der Waals surface area (Å²) in [7, 11) is -3.39. The third kappa shape index (κ3) is 4.33. The minimum absolute atomic E-state index is 0.425. The highest BCUT2D eigenvalue weighted by Gasteiger charge is 2.12. The van der Waals surface area contributed by atoms with E-state index in [0.717, 1.165) is 24.7 Å². The number of hydrogen-bond donors (Lipinski definition) is 0. The first kappa shape index (κ1) is 13.2. The van der Waals surface area contributed by atoms with Crippen LogP contribution in [0.2, 0.25) is 0 Å². The lowest BCUT2D eigenvalue weighted by Gasteiger charge is -2.11. The lowest BCUT2D eigenvalue weighted by atomic mass is 10.1. The molecule has 90 valence electrons. The monoisotopic (exact) mass is 242 g/mol. The highest BCUT2D eigenvalue weighted by atomic mass is 32.2. The zero-order chi connectivity index (χ0) is 12.2. The first-order chi connectivity index (χ1) is 7.42. The molecule has 0 bridgehead atoms. The van der Waals surface area contributed by atoms with Crippen molar-refractivity contribution in [1.82, 2.24) is 0 Å². The van der Waals surface area contributed by atoms with Crippen molar-refractivity contribution in [1.29, 1.82) is 0 Å². The van der Waals surface area contributed by atoms with Gasteiger partial charge in [-0.25, -0.2) is 0 Å². The standard InChI is InChI=1S/C12H18O3S/c1-4-5-11-6-8-12(9-7-11)10(2)15-16(3,13)14/h6-10H,4-5H2,1-3H3. The zero-order valence-electron chi connectivity index (χ0n) is 9.93. The summed E-state index contributed by atoms with van der Waals surface area (Å²) in [5.74, 6) is 0. The van der Waals surface area contributed by atoms with Gasteiger partial charge in [-0.15, -0.1) is 0 Å². The molecule has 0 spiro atoms. The molecule has 0 radical (unpaired) electrons. The Morgan fingerprint density at radius 1 is 1.25 bits per heavy atom. The van der Waals surface area contributed by atoms with Gasteiger partial charge < -0.3 is 0 Å². The number of hydrogen-bond acceptors (Lipinski definition) is 3. The summed E-state index contributed by atoms with van der Waals surface area (Å²) in [5.41, 5.74) is 2.14. The largest absolute Gasteiger partial charge is 0.264 e. The molecule has 0 fully saturated rings. The first-order valence-corrected chi connectivity index (χ1v) is 7.21. The molecule has 0 aromatic heterocycles. The van der Waals surface area contributed by atoms with Gasteiger partial charge in [0, 0.05) is 0 Å². The van der Waals surface area contributed by atoms with Gasteiger partial charge in [0.2, 0.25) is 0 Å². The van der Waals surface area contributed by atoms with E-state index in [2.05, 4.69) is 6.92 Å². The molecule has 16 heavy (non-hydrogen) atoms. The third-order valence-corrected chi connectivity index (χ3v) is 2.95. The second-order valence-corrected chi connectivity index (χ2v) is 5.53. The highest BCUT2D eigenvalue weighted by Crippen LogP contribution is 2.19. The normalized spacial score (nSPS) is 13.7. The average Bonchev–Trinajstić information content (AvgIpc) is 2.16. The van der Waals surface area contributed by atoms with E-state index in [9.17, 15) is 8.42 Å². The molecule has 0 N–H and O–H groups in total. The van der Waals surface area contributed by atoms with Gasteiger partial charge in [0.1, 0.15) is 0 Å². The Morgan fingerprint density at radius 3 is 2.25 bits per heavy atom. The van der Waals surface area contributed by atoms with E-state index in [-0.39, 0.29) is 0 Å². The van der Waals surface area contributed by atoms with Crippen LogP contribution in [-0.2, 0) is 20.7 Å². The van der Waals surface area contributed by atoms with Crippen molar-refractivity contribution in [2.75, 3.05) is 6.26 Å². The van der Waals surface area contributed by atoms with Crippen molar-refractivity contribution >= 4 is 10.1 Å². The molecule has 1 aromatic carbocycles. The molecule has 0 heterocycles. The lowest BCUT2D eigenvalue weighted by Crippen LogP contribution is -2.07. The van der Waals surface area contributed by atoms with Crippen LogP contribution < -0.4 is 0 Å². The van der Waals surface area contributed by atoms with Crippen LogP contribution in [0.15, 0.2) is 24.3 Å². The molecule has 1 atom stereocenters. The van der Waals surface area contributed by atoms with E-state index >= 15 is 0 Å². The van der Waals surface area contributed by atoms with Crippen molar-refractivity contribution in [2.24, 2.45) is 0 Å². The van der Waals surface area contributed by atoms with E-state index in [1.807, 2.05) is 24.3 Å². The fourth-order valence-corrected chi connectivity index (χ4v) is 2.20. The molecular weight excluding hydrogens is 224 g/mol. The Morgan fingerprint density at radius 2 is 1.81 bits per heavy atom. The molecule has 1 aromatic rings. The van der Waals surface area contributed by atoms with Crippen LogP contribution in [0.4, 0.5) is 0 Å². The second-order valence-electron chi connectivity index (χ2n) is 3.93. The van der Waals surface area contributed by atoms with Crippen molar-refractivity contribution in [2.45, 2.75) is 32.8 Å². The molecular formula is C12H18O3S. The Kier molecular flexibility index (Phi) is 4.50. The molecule has 0 amide bonds. The molecule has 1 unspecified atom stereocenters. The van der Waals surface area contributed by atoms with Gasteiger partial charge in [-0.2, -0.15) is 8.42 Å². The highest BCUT2D eigenvalue weighted by molar-refractivity contribution is 7.86. The summed E-state index contributed by atoms with van der Waals surface area (Å²) in [6.45, 7) is 3.86. The maximum atomic E-state index is 11.0. The first-order valence-electron chi connectivity index (χ1n) is 5.39. The Labute approximate surface area is 97.6 Å². The van der Waals surface area contributed by atoms with Gasteiger partial charge in [-0.05, 0) is 24.5 Å². The third-order valence-electron chi connectivity index (χ3n) is 2.31. The number of rotatable bonds is 5. The fourth-order valence-electron chi connectivity index (χ4n) is 1.56. The van der Waals surface area contributed by atoms with Crippen molar-refractivity contribution in [3.8, 4) is 0 Å². The average molecular weight is 242 g/mol. The van der Waals surface area contributed by atoms with Crippen LogP contribution in [0.1, 0.15) is 37.5 Å². The molecule has 3 nitrogen and oxygen atoms in total. The van der Waals surface area contributed by atoms with Crippen LogP contribution in [0, 0.1) is 0 Å². The minimum atomic E-state index is -3.39. The number of aryl methyl sites for hydroxylation is 1. The quantitative estimate of drug-likeness (QED) is 0.746. The molecule has 0 saturated carbocycles. The molecule has 0 saturated heterocycles. The Bertz CT molecular complexity index is 420. The maximum absolute atomic E-state index is 11.0. The summed E-state index contributed by atoms with van der Waals surface area (Å²) >= 11 is 0. The van der Waals surface area contributed by atoms with Gasteiger partial charge in [-0.1, -0.05) is 37.6 Å². The zero-order valence-corrected chi connectivity index (χ0v) is 10.8. The van der Waals surface area contributed by atoms with Crippen LogP contribution in [0.3, 0.4) is 0 Å². The smallest absolute Gasteiger partial charge is 0.262 e. The van der Waals surface area contributed by atoms with E-state index in [4.69, 9.17) is 4.18 Å². The topological polar surface area (TPSA) is 43.4 Å². The van der Waals surface area contributed by atoms with Gasteiger partial charge in [0.05, 0.1) is 12.4 Å².